The van der Waals surface area contributed by atoms with Crippen LogP contribution in [0, 0.1) is 5.41 Å². The van der Waals surface area contributed by atoms with Gasteiger partial charge in [0.1, 0.15) is 6.61 Å². The zero-order chi connectivity index (χ0) is 14.8. The number of ether oxygens (including phenoxy) is 1. The van der Waals surface area contributed by atoms with Gasteiger partial charge in [-0.2, -0.15) is 0 Å². The lowest BCUT2D eigenvalue weighted by Crippen LogP contribution is -2.47. The van der Waals surface area contributed by atoms with Gasteiger partial charge in [-0.25, -0.2) is 9.69 Å². The van der Waals surface area contributed by atoms with Crippen LogP contribution in [0.5, 0.6) is 0 Å². The van der Waals surface area contributed by atoms with Crippen molar-refractivity contribution in [1.29, 1.82) is 0 Å². The fourth-order valence-corrected chi connectivity index (χ4v) is 2.24. The summed E-state index contributed by atoms with van der Waals surface area (Å²) in [6.45, 7) is 3.69. The zero-order valence-electron chi connectivity index (χ0n) is 11.6. The smallest absolute Gasteiger partial charge is 0.417 e. The lowest BCUT2D eigenvalue weighted by molar-refractivity contribution is -0.137. The lowest BCUT2D eigenvalue weighted by atomic mass is 9.93. The van der Waals surface area contributed by atoms with Crippen molar-refractivity contribution in [3.63, 3.8) is 0 Å². The maximum Gasteiger partial charge on any atom is 0.417 e. The van der Waals surface area contributed by atoms with Gasteiger partial charge in [0, 0.05) is 5.88 Å². The standard InChI is InChI=1S/C15H18ClNO3/c1-15(2,10-16)13(18)17-12(9-20-14(17)19)8-11-6-4-3-5-7-11/h3-7,12H,8-10H2,1-2H3/t12-/m0/s1. The Morgan fingerprint density at radius 2 is 2.05 bits per heavy atom. The van der Waals surface area contributed by atoms with Gasteiger partial charge in [-0.1, -0.05) is 30.3 Å². The molecule has 4 nitrogen and oxygen atoms in total. The van der Waals surface area contributed by atoms with Crippen molar-refractivity contribution >= 4 is 23.6 Å². The Hall–Kier alpha value is -1.55. The molecule has 108 valence electrons. The number of cyclic esters (lactones) is 1. The number of imide groups is 1. The molecule has 1 aliphatic heterocycles. The Bertz CT molecular complexity index is 501. The number of halogens is 1. The first-order chi connectivity index (χ1) is 9.45. The number of nitrogens with zero attached hydrogens (tertiary/aromatic N) is 1. The number of hydrogen-bond acceptors (Lipinski definition) is 3. The van der Waals surface area contributed by atoms with Crippen LogP contribution in [0.15, 0.2) is 30.3 Å². The van der Waals surface area contributed by atoms with Crippen LogP contribution < -0.4 is 0 Å². The molecule has 1 aliphatic rings. The predicted octanol–water partition coefficient (Wildman–Crippen LogP) is 2.84. The molecule has 1 aromatic carbocycles. The van der Waals surface area contributed by atoms with Crippen LogP contribution in [0.2, 0.25) is 0 Å². The number of carbonyl (C=O) groups is 2. The summed E-state index contributed by atoms with van der Waals surface area (Å²) in [4.78, 5) is 25.5. The first-order valence-corrected chi connectivity index (χ1v) is 7.09. The van der Waals surface area contributed by atoms with Crippen molar-refractivity contribution in [3.8, 4) is 0 Å². The average molecular weight is 296 g/mol. The van der Waals surface area contributed by atoms with E-state index >= 15 is 0 Å². The molecule has 5 heteroatoms. The Morgan fingerprint density at radius 1 is 1.40 bits per heavy atom. The van der Waals surface area contributed by atoms with Crippen LogP contribution in [0.25, 0.3) is 0 Å². The van der Waals surface area contributed by atoms with Crippen molar-refractivity contribution in [2.75, 3.05) is 12.5 Å². The molecule has 0 unspecified atom stereocenters. The van der Waals surface area contributed by atoms with Gasteiger partial charge >= 0.3 is 6.09 Å². The largest absolute Gasteiger partial charge is 0.447 e. The van der Waals surface area contributed by atoms with Gasteiger partial charge in [-0.15, -0.1) is 11.6 Å². The molecule has 0 spiro atoms. The third-order valence-electron chi connectivity index (χ3n) is 3.41. The lowest BCUT2D eigenvalue weighted by Gasteiger charge is -2.28. The van der Waals surface area contributed by atoms with Gasteiger partial charge in [0.25, 0.3) is 0 Å². The summed E-state index contributed by atoms with van der Waals surface area (Å²) in [5.74, 6) is -0.121. The van der Waals surface area contributed by atoms with Gasteiger partial charge in [0.05, 0.1) is 11.5 Å². The van der Waals surface area contributed by atoms with E-state index in [9.17, 15) is 9.59 Å². The Labute approximate surface area is 123 Å². The van der Waals surface area contributed by atoms with E-state index in [-0.39, 0.29) is 24.4 Å². The topological polar surface area (TPSA) is 46.6 Å². The second-order valence-corrected chi connectivity index (χ2v) is 5.88. The van der Waals surface area contributed by atoms with E-state index < -0.39 is 11.5 Å². The first-order valence-electron chi connectivity index (χ1n) is 6.56. The normalized spacial score (nSPS) is 19.1. The van der Waals surface area contributed by atoms with Crippen LogP contribution in [0.4, 0.5) is 4.79 Å². The molecular formula is C15H18ClNO3. The third-order valence-corrected chi connectivity index (χ3v) is 4.08. The van der Waals surface area contributed by atoms with Crippen molar-refractivity contribution in [2.24, 2.45) is 5.41 Å². The molecule has 1 saturated heterocycles. The Balaban J connectivity index is 2.17. The fourth-order valence-electron chi connectivity index (χ4n) is 2.13. The van der Waals surface area contributed by atoms with Crippen LogP contribution >= 0.6 is 11.6 Å². The maximum absolute atomic E-state index is 12.4. The average Bonchev–Trinajstić information content (AvgIpc) is 2.80. The summed E-state index contributed by atoms with van der Waals surface area (Å²) >= 11 is 5.82. The highest BCUT2D eigenvalue weighted by Gasteiger charge is 2.43. The molecule has 0 aliphatic carbocycles. The molecular weight excluding hydrogens is 278 g/mol. The molecule has 0 saturated carbocycles. The number of amides is 2. The van der Waals surface area contributed by atoms with Crippen LogP contribution in [0.1, 0.15) is 19.4 Å². The monoisotopic (exact) mass is 295 g/mol. The predicted molar refractivity (Wildman–Crippen MR) is 76.6 cm³/mol. The summed E-state index contributed by atoms with van der Waals surface area (Å²) in [6, 6.07) is 9.47. The fraction of sp³-hybridized carbons (Fsp3) is 0.467. The highest BCUT2D eigenvalue weighted by Crippen LogP contribution is 2.26. The van der Waals surface area contributed by atoms with Gasteiger partial charge in [-0.3, -0.25) is 4.79 Å². The molecule has 2 rings (SSSR count). The van der Waals surface area contributed by atoms with Gasteiger partial charge < -0.3 is 4.74 Å². The van der Waals surface area contributed by atoms with E-state index in [1.807, 2.05) is 30.3 Å². The second-order valence-electron chi connectivity index (χ2n) is 5.61. The Morgan fingerprint density at radius 3 is 2.65 bits per heavy atom. The van der Waals surface area contributed by atoms with Crippen molar-refractivity contribution in [2.45, 2.75) is 26.3 Å². The summed E-state index contributed by atoms with van der Waals surface area (Å²) in [7, 11) is 0. The molecule has 0 bridgehead atoms. The van der Waals surface area contributed by atoms with Crippen LogP contribution in [0.3, 0.4) is 0 Å². The molecule has 20 heavy (non-hydrogen) atoms. The molecule has 2 amide bonds. The Kier molecular flexibility index (Phi) is 4.33. The SMILES string of the molecule is CC(C)(CCl)C(=O)N1C(=O)OC[C@@H]1Cc1ccccc1. The second kappa shape index (κ2) is 5.83. The van der Waals surface area contributed by atoms with E-state index in [0.717, 1.165) is 5.56 Å². The molecule has 0 aromatic heterocycles. The molecule has 1 atom stereocenters. The number of rotatable bonds is 4. The number of hydrogen-bond donors (Lipinski definition) is 0. The number of alkyl halides is 1. The van der Waals surface area contributed by atoms with Crippen molar-refractivity contribution in [3.05, 3.63) is 35.9 Å². The van der Waals surface area contributed by atoms with E-state index in [1.165, 1.54) is 4.90 Å². The molecule has 1 fully saturated rings. The van der Waals surface area contributed by atoms with Crippen LogP contribution in [-0.2, 0) is 16.0 Å². The first kappa shape index (κ1) is 14.9. The third kappa shape index (κ3) is 2.96. The summed E-state index contributed by atoms with van der Waals surface area (Å²) in [5, 5.41) is 0. The van der Waals surface area contributed by atoms with Crippen LogP contribution in [-0.4, -0.2) is 35.4 Å². The molecule has 0 N–H and O–H groups in total. The minimum Gasteiger partial charge on any atom is -0.447 e. The van der Waals surface area contributed by atoms with E-state index in [2.05, 4.69) is 0 Å². The molecule has 0 radical (unpaired) electrons. The number of benzene rings is 1. The minimum atomic E-state index is -0.778. The summed E-state index contributed by atoms with van der Waals surface area (Å²) in [5.41, 5.74) is 0.289. The molecule has 1 aromatic rings. The highest BCUT2D eigenvalue weighted by atomic mass is 35.5. The van der Waals surface area contributed by atoms with Gasteiger partial charge in [-0.05, 0) is 25.8 Å². The quantitative estimate of drug-likeness (QED) is 0.803. The van der Waals surface area contributed by atoms with E-state index in [0.29, 0.717) is 6.42 Å². The van der Waals surface area contributed by atoms with Gasteiger partial charge in [0.15, 0.2) is 0 Å². The number of carbonyl (C=O) groups excluding carboxylic acids is 2. The van der Waals surface area contributed by atoms with E-state index in [4.69, 9.17) is 16.3 Å². The summed E-state index contributed by atoms with van der Waals surface area (Å²) < 4.78 is 5.03. The summed E-state index contributed by atoms with van der Waals surface area (Å²) in [6.07, 6.45) is 0.0190. The zero-order valence-corrected chi connectivity index (χ0v) is 12.4. The van der Waals surface area contributed by atoms with Gasteiger partial charge in [0.2, 0.25) is 5.91 Å². The van der Waals surface area contributed by atoms with Crippen molar-refractivity contribution < 1.29 is 14.3 Å². The van der Waals surface area contributed by atoms with Crippen molar-refractivity contribution in [1.82, 2.24) is 4.90 Å². The molecule has 1 heterocycles. The van der Waals surface area contributed by atoms with E-state index in [1.54, 1.807) is 13.8 Å². The maximum atomic E-state index is 12.4. The highest BCUT2D eigenvalue weighted by molar-refractivity contribution is 6.20. The minimum absolute atomic E-state index is 0.160.